The Morgan fingerprint density at radius 3 is 3.07 bits per heavy atom. The zero-order valence-electron chi connectivity index (χ0n) is 7.27. The third kappa shape index (κ3) is 1.04. The fraction of sp³-hybridized carbons (Fsp3) is 0. The molecule has 0 atom stereocenters. The first-order valence-corrected chi connectivity index (χ1v) is 5.15. The molecule has 0 saturated heterocycles. The molecule has 3 nitrogen and oxygen atoms in total. The van der Waals surface area contributed by atoms with Gasteiger partial charge in [-0.05, 0) is 12.1 Å². The van der Waals surface area contributed by atoms with Crippen molar-refractivity contribution in [2.45, 2.75) is 0 Å². The van der Waals surface area contributed by atoms with Crippen molar-refractivity contribution >= 4 is 22.4 Å². The molecule has 3 rings (SSSR count). The van der Waals surface area contributed by atoms with Gasteiger partial charge in [0.25, 0.3) is 0 Å². The first-order chi connectivity index (χ1) is 6.95. The van der Waals surface area contributed by atoms with Crippen LogP contribution < -0.4 is 0 Å². The van der Waals surface area contributed by atoms with Crippen molar-refractivity contribution in [2.24, 2.45) is 0 Å². The zero-order valence-corrected chi connectivity index (χ0v) is 8.08. The summed E-state index contributed by atoms with van der Waals surface area (Å²) >= 11 is 1.63. The van der Waals surface area contributed by atoms with Crippen molar-refractivity contribution in [3.05, 3.63) is 36.1 Å². The molecule has 0 fully saturated rings. The number of imidazole rings is 1. The van der Waals surface area contributed by atoms with E-state index in [9.17, 15) is 0 Å². The lowest BCUT2D eigenvalue weighted by molar-refractivity contribution is 1.34. The van der Waals surface area contributed by atoms with Gasteiger partial charge in [0.2, 0.25) is 0 Å². The van der Waals surface area contributed by atoms with Crippen molar-refractivity contribution in [3.63, 3.8) is 0 Å². The molecule has 0 amide bonds. The predicted octanol–water partition coefficient (Wildman–Crippen LogP) is 2.69. The van der Waals surface area contributed by atoms with Gasteiger partial charge >= 0.3 is 0 Å². The summed E-state index contributed by atoms with van der Waals surface area (Å²) in [7, 11) is 0. The van der Waals surface area contributed by atoms with Crippen molar-refractivity contribution in [3.8, 4) is 10.6 Å². The molecule has 0 aliphatic heterocycles. The van der Waals surface area contributed by atoms with Gasteiger partial charge in [0.15, 0.2) is 0 Å². The van der Waals surface area contributed by atoms with E-state index < -0.39 is 0 Å². The number of hydrogen-bond donors (Lipinski definition) is 1. The van der Waals surface area contributed by atoms with Crippen LogP contribution in [0, 0.1) is 0 Å². The lowest BCUT2D eigenvalue weighted by Gasteiger charge is -1.96. The molecule has 0 aliphatic rings. The fourth-order valence-corrected chi connectivity index (χ4v) is 2.16. The van der Waals surface area contributed by atoms with Crippen molar-refractivity contribution in [1.29, 1.82) is 0 Å². The largest absolute Gasteiger partial charge is 0.345 e. The van der Waals surface area contributed by atoms with Crippen LogP contribution in [0.5, 0.6) is 0 Å². The summed E-state index contributed by atoms with van der Waals surface area (Å²) in [6.45, 7) is 0. The third-order valence-electron chi connectivity index (χ3n) is 2.11. The molecular weight excluding hydrogens is 194 g/mol. The van der Waals surface area contributed by atoms with Crippen LogP contribution in [0.2, 0.25) is 0 Å². The summed E-state index contributed by atoms with van der Waals surface area (Å²) < 4.78 is 0. The molecule has 68 valence electrons. The smallest absolute Gasteiger partial charge is 0.125 e. The Morgan fingerprint density at radius 1 is 1.21 bits per heavy atom. The number of fused-ring (bicyclic) bond motifs is 1. The highest BCUT2D eigenvalue weighted by molar-refractivity contribution is 7.13. The van der Waals surface area contributed by atoms with Crippen LogP contribution in [0.1, 0.15) is 0 Å². The van der Waals surface area contributed by atoms with E-state index in [1.165, 1.54) is 0 Å². The average molecular weight is 201 g/mol. The van der Waals surface area contributed by atoms with Gasteiger partial charge in [0.05, 0.1) is 17.4 Å². The summed E-state index contributed by atoms with van der Waals surface area (Å²) in [5.74, 6) is 0. The maximum absolute atomic E-state index is 4.29. The molecule has 14 heavy (non-hydrogen) atoms. The molecule has 2 heterocycles. The molecule has 0 aliphatic carbocycles. The fourth-order valence-electron chi connectivity index (χ4n) is 1.49. The Hall–Kier alpha value is -1.68. The lowest BCUT2D eigenvalue weighted by Crippen LogP contribution is -1.78. The van der Waals surface area contributed by atoms with Gasteiger partial charge < -0.3 is 4.98 Å². The van der Waals surface area contributed by atoms with E-state index in [1.54, 1.807) is 17.7 Å². The SMILES string of the molecule is c1cc(-c2nccs2)c2nc[nH]c2c1. The Balaban J connectivity index is 2.36. The molecular formula is C10H7N3S. The van der Waals surface area contributed by atoms with Crippen LogP contribution in [-0.4, -0.2) is 15.0 Å². The Kier molecular flexibility index (Phi) is 1.61. The molecule has 1 aromatic carbocycles. The van der Waals surface area contributed by atoms with Gasteiger partial charge in [0, 0.05) is 17.1 Å². The number of hydrogen-bond acceptors (Lipinski definition) is 3. The molecule has 2 aromatic heterocycles. The second kappa shape index (κ2) is 2.92. The second-order valence-electron chi connectivity index (χ2n) is 2.94. The maximum atomic E-state index is 4.29. The summed E-state index contributed by atoms with van der Waals surface area (Å²) in [5, 5.41) is 2.99. The van der Waals surface area contributed by atoms with Crippen molar-refractivity contribution in [1.82, 2.24) is 15.0 Å². The topological polar surface area (TPSA) is 41.6 Å². The van der Waals surface area contributed by atoms with E-state index in [0.29, 0.717) is 0 Å². The number of rotatable bonds is 1. The average Bonchev–Trinajstić information content (AvgIpc) is 2.88. The molecule has 1 N–H and O–H groups in total. The van der Waals surface area contributed by atoms with Crippen LogP contribution >= 0.6 is 11.3 Å². The van der Waals surface area contributed by atoms with E-state index in [-0.39, 0.29) is 0 Å². The normalized spacial score (nSPS) is 10.9. The highest BCUT2D eigenvalue weighted by Gasteiger charge is 2.06. The maximum Gasteiger partial charge on any atom is 0.125 e. The highest BCUT2D eigenvalue weighted by Crippen LogP contribution is 2.27. The first-order valence-electron chi connectivity index (χ1n) is 4.27. The van der Waals surface area contributed by atoms with Gasteiger partial charge in [-0.25, -0.2) is 9.97 Å². The minimum Gasteiger partial charge on any atom is -0.345 e. The number of thiazole rings is 1. The van der Waals surface area contributed by atoms with Gasteiger partial charge in [0.1, 0.15) is 5.01 Å². The van der Waals surface area contributed by atoms with Crippen LogP contribution in [0.25, 0.3) is 21.6 Å². The first kappa shape index (κ1) is 7.70. The van der Waals surface area contributed by atoms with Gasteiger partial charge in [-0.1, -0.05) is 6.07 Å². The van der Waals surface area contributed by atoms with E-state index in [2.05, 4.69) is 15.0 Å². The molecule has 4 heteroatoms. The molecule has 0 spiro atoms. The Labute approximate surface area is 84.5 Å². The third-order valence-corrected chi connectivity index (χ3v) is 2.92. The molecule has 0 unspecified atom stereocenters. The quantitative estimate of drug-likeness (QED) is 0.657. The van der Waals surface area contributed by atoms with Crippen LogP contribution in [0.3, 0.4) is 0 Å². The number of para-hydroxylation sites is 1. The predicted molar refractivity (Wildman–Crippen MR) is 57.2 cm³/mol. The van der Waals surface area contributed by atoms with Crippen molar-refractivity contribution < 1.29 is 0 Å². The number of benzene rings is 1. The molecule has 3 aromatic rings. The summed E-state index contributed by atoms with van der Waals surface area (Å²) in [6.07, 6.45) is 3.52. The Morgan fingerprint density at radius 2 is 2.21 bits per heavy atom. The minimum absolute atomic E-state index is 0.988. The van der Waals surface area contributed by atoms with Crippen LogP contribution in [-0.2, 0) is 0 Å². The van der Waals surface area contributed by atoms with Gasteiger partial charge in [-0.15, -0.1) is 11.3 Å². The molecule has 0 bridgehead atoms. The lowest BCUT2D eigenvalue weighted by atomic mass is 10.2. The van der Waals surface area contributed by atoms with E-state index >= 15 is 0 Å². The molecule has 0 saturated carbocycles. The Bertz CT molecular complexity index is 554. The number of aromatic nitrogens is 3. The molecule has 0 radical (unpaired) electrons. The van der Waals surface area contributed by atoms with Crippen LogP contribution in [0.15, 0.2) is 36.1 Å². The van der Waals surface area contributed by atoms with E-state index in [0.717, 1.165) is 21.6 Å². The number of nitrogens with one attached hydrogen (secondary N) is 1. The van der Waals surface area contributed by atoms with Gasteiger partial charge in [-0.2, -0.15) is 0 Å². The number of H-pyrrole nitrogens is 1. The standard InChI is InChI=1S/C10H7N3S/c1-2-7(10-11-4-5-14-10)9-8(3-1)12-6-13-9/h1-6H,(H,12,13). The highest BCUT2D eigenvalue weighted by atomic mass is 32.1. The van der Waals surface area contributed by atoms with Crippen LogP contribution in [0.4, 0.5) is 0 Å². The minimum atomic E-state index is 0.988. The monoisotopic (exact) mass is 201 g/mol. The van der Waals surface area contributed by atoms with Gasteiger partial charge in [-0.3, -0.25) is 0 Å². The van der Waals surface area contributed by atoms with E-state index in [1.807, 2.05) is 29.8 Å². The van der Waals surface area contributed by atoms with E-state index in [4.69, 9.17) is 0 Å². The second-order valence-corrected chi connectivity index (χ2v) is 3.84. The number of aromatic amines is 1. The zero-order chi connectivity index (χ0) is 9.38. The summed E-state index contributed by atoms with van der Waals surface area (Å²) in [6, 6.07) is 6.07. The number of nitrogens with zero attached hydrogens (tertiary/aromatic N) is 2. The summed E-state index contributed by atoms with van der Waals surface area (Å²) in [4.78, 5) is 11.7. The van der Waals surface area contributed by atoms with Crippen molar-refractivity contribution in [2.75, 3.05) is 0 Å². The summed E-state index contributed by atoms with van der Waals surface area (Å²) in [5.41, 5.74) is 3.14.